The SMILES string of the molecule is c1ccc(N2CCNCC2)nc1.c1cnc(N2CCNCC2)nc1. The van der Waals surface area contributed by atoms with E-state index in [1.807, 2.05) is 24.4 Å². The highest BCUT2D eigenvalue weighted by Gasteiger charge is 2.11. The van der Waals surface area contributed by atoms with Gasteiger partial charge in [0.15, 0.2) is 0 Å². The average molecular weight is 327 g/mol. The van der Waals surface area contributed by atoms with Crippen LogP contribution in [0.5, 0.6) is 0 Å². The number of hydrogen-bond acceptors (Lipinski definition) is 7. The maximum absolute atomic E-state index is 4.30. The maximum atomic E-state index is 4.30. The van der Waals surface area contributed by atoms with Gasteiger partial charge in [-0.2, -0.15) is 0 Å². The topological polar surface area (TPSA) is 69.2 Å². The van der Waals surface area contributed by atoms with E-state index in [1.165, 1.54) is 0 Å². The number of anilines is 2. The van der Waals surface area contributed by atoms with Gasteiger partial charge >= 0.3 is 0 Å². The van der Waals surface area contributed by atoms with Crippen molar-refractivity contribution in [1.29, 1.82) is 0 Å². The van der Waals surface area contributed by atoms with Crippen LogP contribution in [-0.2, 0) is 0 Å². The lowest BCUT2D eigenvalue weighted by atomic mass is 10.3. The van der Waals surface area contributed by atoms with E-state index in [9.17, 15) is 0 Å². The average Bonchev–Trinajstić information content (AvgIpc) is 2.71. The normalized spacial score (nSPS) is 17.8. The van der Waals surface area contributed by atoms with Gasteiger partial charge in [-0.3, -0.25) is 0 Å². The minimum atomic E-state index is 0.846. The summed E-state index contributed by atoms with van der Waals surface area (Å²) in [5, 5.41) is 6.60. The van der Waals surface area contributed by atoms with Crippen molar-refractivity contribution < 1.29 is 0 Å². The van der Waals surface area contributed by atoms with E-state index in [1.54, 1.807) is 12.4 Å². The van der Waals surface area contributed by atoms with Crippen molar-refractivity contribution in [2.24, 2.45) is 0 Å². The zero-order valence-corrected chi connectivity index (χ0v) is 13.9. The van der Waals surface area contributed by atoms with E-state index in [2.05, 4.69) is 41.5 Å². The van der Waals surface area contributed by atoms with Crippen LogP contribution in [0.4, 0.5) is 11.8 Å². The molecule has 2 N–H and O–H groups in total. The molecule has 0 aromatic carbocycles. The first-order valence-corrected chi connectivity index (χ1v) is 8.53. The Morgan fingerprint density at radius 3 is 1.83 bits per heavy atom. The highest BCUT2D eigenvalue weighted by atomic mass is 15.3. The molecule has 0 amide bonds. The summed E-state index contributed by atoms with van der Waals surface area (Å²) in [6.07, 6.45) is 5.41. The maximum Gasteiger partial charge on any atom is 0.225 e. The second-order valence-electron chi connectivity index (χ2n) is 5.71. The van der Waals surface area contributed by atoms with E-state index in [4.69, 9.17) is 0 Å². The number of nitrogens with one attached hydrogen (secondary N) is 2. The van der Waals surface area contributed by atoms with Gasteiger partial charge in [-0.15, -0.1) is 0 Å². The van der Waals surface area contributed by atoms with Crippen molar-refractivity contribution in [2.75, 3.05) is 62.2 Å². The van der Waals surface area contributed by atoms with E-state index >= 15 is 0 Å². The Morgan fingerprint density at radius 2 is 1.25 bits per heavy atom. The van der Waals surface area contributed by atoms with Crippen LogP contribution in [0.2, 0.25) is 0 Å². The standard InChI is InChI=1S/C9H13N3.C8H12N4/c1-2-4-11-9(3-1)12-7-5-10-6-8-12;1-2-10-8(11-3-1)12-6-4-9-5-7-12/h1-4,10H,5-8H2;1-3,9H,4-7H2. The van der Waals surface area contributed by atoms with Gasteiger partial charge in [0.2, 0.25) is 5.95 Å². The molecule has 4 heterocycles. The Bertz CT molecular complexity index is 513. The molecule has 128 valence electrons. The molecule has 0 saturated carbocycles. The molecule has 0 radical (unpaired) electrons. The van der Waals surface area contributed by atoms with Gasteiger partial charge in [-0.05, 0) is 18.2 Å². The van der Waals surface area contributed by atoms with Crippen molar-refractivity contribution >= 4 is 11.8 Å². The molecular weight excluding hydrogens is 302 g/mol. The van der Waals surface area contributed by atoms with Crippen LogP contribution in [0.1, 0.15) is 0 Å². The molecule has 2 aromatic rings. The van der Waals surface area contributed by atoms with Gasteiger partial charge < -0.3 is 20.4 Å². The molecule has 24 heavy (non-hydrogen) atoms. The van der Waals surface area contributed by atoms with E-state index in [0.29, 0.717) is 0 Å². The molecule has 2 aliphatic rings. The van der Waals surface area contributed by atoms with Gasteiger partial charge in [-0.1, -0.05) is 6.07 Å². The highest BCUT2D eigenvalue weighted by molar-refractivity contribution is 5.38. The summed E-state index contributed by atoms with van der Waals surface area (Å²) in [6.45, 7) is 8.33. The van der Waals surface area contributed by atoms with E-state index < -0.39 is 0 Å². The molecule has 0 unspecified atom stereocenters. The summed E-state index contributed by atoms with van der Waals surface area (Å²) in [7, 11) is 0. The van der Waals surface area contributed by atoms with Gasteiger partial charge in [0.1, 0.15) is 5.82 Å². The fraction of sp³-hybridized carbons (Fsp3) is 0.471. The summed E-state index contributed by atoms with van der Waals surface area (Å²) in [5.74, 6) is 1.94. The molecule has 0 aliphatic carbocycles. The number of piperazine rings is 2. The Hall–Kier alpha value is -2.25. The first kappa shape index (κ1) is 16.6. The number of rotatable bonds is 2. The van der Waals surface area contributed by atoms with Gasteiger partial charge in [-0.25, -0.2) is 15.0 Å². The zero-order chi connectivity index (χ0) is 16.5. The van der Waals surface area contributed by atoms with Crippen molar-refractivity contribution in [3.8, 4) is 0 Å². The molecule has 7 nitrogen and oxygen atoms in total. The molecule has 4 rings (SSSR count). The Balaban J connectivity index is 0.000000141. The van der Waals surface area contributed by atoms with Crippen LogP contribution in [0.15, 0.2) is 42.9 Å². The lowest BCUT2D eigenvalue weighted by Gasteiger charge is -2.28. The van der Waals surface area contributed by atoms with E-state index in [-0.39, 0.29) is 0 Å². The van der Waals surface area contributed by atoms with Crippen molar-refractivity contribution in [2.45, 2.75) is 0 Å². The largest absolute Gasteiger partial charge is 0.354 e. The van der Waals surface area contributed by atoms with Crippen LogP contribution < -0.4 is 20.4 Å². The Kier molecular flexibility index (Phi) is 6.33. The monoisotopic (exact) mass is 327 g/mol. The van der Waals surface area contributed by atoms with E-state index in [0.717, 1.165) is 64.1 Å². The molecule has 0 bridgehead atoms. The number of nitrogens with zero attached hydrogens (tertiary/aromatic N) is 5. The molecule has 0 atom stereocenters. The molecule has 2 fully saturated rings. The first-order chi connectivity index (χ1) is 11.9. The smallest absolute Gasteiger partial charge is 0.225 e. The second-order valence-corrected chi connectivity index (χ2v) is 5.71. The van der Waals surface area contributed by atoms with Crippen LogP contribution in [0.25, 0.3) is 0 Å². The predicted molar refractivity (Wildman–Crippen MR) is 96.4 cm³/mol. The van der Waals surface area contributed by atoms with Crippen molar-refractivity contribution in [3.05, 3.63) is 42.9 Å². The third kappa shape index (κ3) is 4.87. The summed E-state index contributed by atoms with van der Waals surface area (Å²) in [4.78, 5) is 17.2. The molecular formula is C17H25N7. The summed E-state index contributed by atoms with van der Waals surface area (Å²) < 4.78 is 0. The summed E-state index contributed by atoms with van der Waals surface area (Å²) in [6, 6.07) is 7.88. The zero-order valence-electron chi connectivity index (χ0n) is 13.9. The minimum Gasteiger partial charge on any atom is -0.354 e. The molecule has 2 aromatic heterocycles. The summed E-state index contributed by atoms with van der Waals surface area (Å²) in [5.41, 5.74) is 0. The van der Waals surface area contributed by atoms with Crippen LogP contribution in [0, 0.1) is 0 Å². The minimum absolute atomic E-state index is 0.846. The third-order valence-electron chi connectivity index (χ3n) is 4.04. The molecule has 2 aliphatic heterocycles. The summed E-state index contributed by atoms with van der Waals surface area (Å²) >= 11 is 0. The molecule has 0 spiro atoms. The van der Waals surface area contributed by atoms with Gasteiger partial charge in [0.25, 0.3) is 0 Å². The lowest BCUT2D eigenvalue weighted by molar-refractivity contribution is 0.580. The van der Waals surface area contributed by atoms with Crippen molar-refractivity contribution in [3.63, 3.8) is 0 Å². The fourth-order valence-electron chi connectivity index (χ4n) is 2.75. The highest BCUT2D eigenvalue weighted by Crippen LogP contribution is 2.08. The fourth-order valence-corrected chi connectivity index (χ4v) is 2.75. The number of aromatic nitrogens is 3. The van der Waals surface area contributed by atoms with Gasteiger partial charge in [0, 0.05) is 70.9 Å². The Labute approximate surface area is 143 Å². The Morgan fingerprint density at radius 1 is 0.667 bits per heavy atom. The lowest BCUT2D eigenvalue weighted by Crippen LogP contribution is -2.44. The number of pyridine rings is 1. The quantitative estimate of drug-likeness (QED) is 0.826. The third-order valence-corrected chi connectivity index (χ3v) is 4.04. The van der Waals surface area contributed by atoms with Crippen molar-refractivity contribution in [1.82, 2.24) is 25.6 Å². The van der Waals surface area contributed by atoms with Gasteiger partial charge in [0.05, 0.1) is 0 Å². The number of hydrogen-bond donors (Lipinski definition) is 2. The van der Waals surface area contributed by atoms with Crippen LogP contribution in [0.3, 0.4) is 0 Å². The second kappa shape index (κ2) is 9.14. The molecule has 7 heteroatoms. The first-order valence-electron chi connectivity index (χ1n) is 8.53. The van der Waals surface area contributed by atoms with Crippen LogP contribution in [-0.4, -0.2) is 67.3 Å². The van der Waals surface area contributed by atoms with Crippen LogP contribution >= 0.6 is 0 Å². The predicted octanol–water partition coefficient (Wildman–Crippen LogP) is 0.377. The molecule has 2 saturated heterocycles.